The van der Waals surface area contributed by atoms with E-state index in [1.54, 1.807) is 21.1 Å². The molecule has 0 unspecified atom stereocenters. The maximum atomic E-state index is 12.2. The fourth-order valence-electron chi connectivity index (χ4n) is 4.60. The van der Waals surface area contributed by atoms with Crippen molar-refractivity contribution in [1.82, 2.24) is 15.1 Å². The monoisotopic (exact) mass is 457 g/mol. The number of nitrogens with zero attached hydrogens (tertiary/aromatic N) is 2. The third-order valence-corrected chi connectivity index (χ3v) is 6.43. The first-order chi connectivity index (χ1) is 16.5. The SMILES string of the molecule is CNC(=O)c1cccc([C@H]2CN(C(C)=O)CCN2Cc2cccc(-c3ccccc3OC)c2)c1. The van der Waals surface area contributed by atoms with Crippen molar-refractivity contribution in [3.8, 4) is 16.9 Å². The number of carbonyl (C=O) groups excluding carboxylic acids is 2. The summed E-state index contributed by atoms with van der Waals surface area (Å²) in [6.45, 7) is 4.40. The van der Waals surface area contributed by atoms with Crippen molar-refractivity contribution in [2.45, 2.75) is 19.5 Å². The van der Waals surface area contributed by atoms with Crippen molar-refractivity contribution < 1.29 is 14.3 Å². The quantitative estimate of drug-likeness (QED) is 0.605. The lowest BCUT2D eigenvalue weighted by atomic mass is 9.98. The second-order valence-electron chi connectivity index (χ2n) is 8.56. The van der Waals surface area contributed by atoms with Crippen molar-refractivity contribution in [1.29, 1.82) is 0 Å². The number of hydrogen-bond acceptors (Lipinski definition) is 4. The van der Waals surface area contributed by atoms with Crippen molar-refractivity contribution >= 4 is 11.8 Å². The number of ether oxygens (including phenoxy) is 1. The molecule has 0 radical (unpaired) electrons. The molecule has 3 aromatic rings. The Morgan fingerprint density at radius 2 is 1.79 bits per heavy atom. The van der Waals surface area contributed by atoms with E-state index in [1.807, 2.05) is 47.4 Å². The number of para-hydroxylation sites is 1. The molecule has 1 heterocycles. The molecular formula is C28H31N3O3. The number of benzene rings is 3. The van der Waals surface area contributed by atoms with Crippen LogP contribution in [0.15, 0.2) is 72.8 Å². The van der Waals surface area contributed by atoms with Gasteiger partial charge in [-0.05, 0) is 41.0 Å². The van der Waals surface area contributed by atoms with E-state index in [0.29, 0.717) is 18.7 Å². The number of hydrogen-bond donors (Lipinski definition) is 1. The van der Waals surface area contributed by atoms with Gasteiger partial charge in [0.25, 0.3) is 5.91 Å². The predicted molar refractivity (Wildman–Crippen MR) is 134 cm³/mol. The molecule has 1 aliphatic heterocycles. The van der Waals surface area contributed by atoms with Gasteiger partial charge in [-0.2, -0.15) is 0 Å². The second-order valence-corrected chi connectivity index (χ2v) is 8.56. The van der Waals surface area contributed by atoms with Crippen LogP contribution in [0.1, 0.15) is 34.5 Å². The maximum Gasteiger partial charge on any atom is 0.251 e. The lowest BCUT2D eigenvalue weighted by Gasteiger charge is -2.41. The van der Waals surface area contributed by atoms with Gasteiger partial charge in [-0.1, -0.05) is 48.5 Å². The third-order valence-electron chi connectivity index (χ3n) is 6.43. The molecule has 2 amide bonds. The molecule has 0 saturated carbocycles. The molecule has 1 atom stereocenters. The molecule has 1 fully saturated rings. The van der Waals surface area contributed by atoms with Crippen LogP contribution in [0.2, 0.25) is 0 Å². The van der Waals surface area contributed by atoms with Gasteiger partial charge in [-0.15, -0.1) is 0 Å². The minimum atomic E-state index is -0.114. The van der Waals surface area contributed by atoms with Crippen molar-refractivity contribution in [3.63, 3.8) is 0 Å². The molecule has 176 valence electrons. The number of methoxy groups -OCH3 is 1. The molecule has 6 heteroatoms. The van der Waals surface area contributed by atoms with Crippen LogP contribution in [0, 0.1) is 0 Å². The molecule has 3 aromatic carbocycles. The zero-order chi connectivity index (χ0) is 24.1. The first kappa shape index (κ1) is 23.5. The summed E-state index contributed by atoms with van der Waals surface area (Å²) in [5, 5.41) is 2.69. The summed E-state index contributed by atoms with van der Waals surface area (Å²) in [5.41, 5.74) is 5.01. The fourth-order valence-corrected chi connectivity index (χ4v) is 4.60. The Morgan fingerprint density at radius 1 is 1.00 bits per heavy atom. The molecule has 0 aromatic heterocycles. The van der Waals surface area contributed by atoms with Crippen LogP contribution < -0.4 is 10.1 Å². The van der Waals surface area contributed by atoms with E-state index >= 15 is 0 Å². The van der Waals surface area contributed by atoms with Crippen LogP contribution in [-0.4, -0.2) is 55.4 Å². The lowest BCUT2D eigenvalue weighted by molar-refractivity contribution is -0.132. The summed E-state index contributed by atoms with van der Waals surface area (Å²) in [7, 11) is 3.32. The summed E-state index contributed by atoms with van der Waals surface area (Å²) in [5.74, 6) is 0.807. The molecule has 1 aliphatic rings. The van der Waals surface area contributed by atoms with Gasteiger partial charge in [0.2, 0.25) is 5.91 Å². The zero-order valence-electron chi connectivity index (χ0n) is 20.0. The highest BCUT2D eigenvalue weighted by Gasteiger charge is 2.30. The molecule has 0 aliphatic carbocycles. The van der Waals surface area contributed by atoms with Gasteiger partial charge < -0.3 is 15.0 Å². The van der Waals surface area contributed by atoms with Crippen LogP contribution in [0.4, 0.5) is 0 Å². The Bertz CT molecular complexity index is 1180. The molecule has 0 spiro atoms. The number of amides is 2. The van der Waals surface area contributed by atoms with Crippen molar-refractivity contribution in [2.24, 2.45) is 0 Å². The first-order valence-electron chi connectivity index (χ1n) is 11.5. The Hall–Kier alpha value is -3.64. The van der Waals surface area contributed by atoms with Gasteiger partial charge in [0.05, 0.1) is 13.2 Å². The van der Waals surface area contributed by atoms with E-state index in [4.69, 9.17) is 4.74 Å². The van der Waals surface area contributed by atoms with Crippen LogP contribution in [0.5, 0.6) is 5.75 Å². The minimum Gasteiger partial charge on any atom is -0.496 e. The van der Waals surface area contributed by atoms with E-state index < -0.39 is 0 Å². The highest BCUT2D eigenvalue weighted by Crippen LogP contribution is 2.32. The van der Waals surface area contributed by atoms with Gasteiger partial charge >= 0.3 is 0 Å². The summed E-state index contributed by atoms with van der Waals surface area (Å²) in [6.07, 6.45) is 0. The van der Waals surface area contributed by atoms with E-state index in [9.17, 15) is 9.59 Å². The maximum absolute atomic E-state index is 12.2. The van der Waals surface area contributed by atoms with E-state index in [-0.39, 0.29) is 17.9 Å². The van der Waals surface area contributed by atoms with Gasteiger partial charge in [0, 0.05) is 51.3 Å². The predicted octanol–water partition coefficient (Wildman–Crippen LogP) is 4.13. The summed E-state index contributed by atoms with van der Waals surface area (Å²) >= 11 is 0. The van der Waals surface area contributed by atoms with Crippen molar-refractivity contribution in [3.05, 3.63) is 89.5 Å². The molecule has 0 bridgehead atoms. The van der Waals surface area contributed by atoms with Crippen LogP contribution >= 0.6 is 0 Å². The Balaban J connectivity index is 1.63. The average molecular weight is 458 g/mol. The fraction of sp³-hybridized carbons (Fsp3) is 0.286. The number of rotatable bonds is 6. The standard InChI is InChI=1S/C28H31N3O3/c1-20(32)30-14-15-31(26(19-30)23-10-7-11-24(17-23)28(33)29-2)18-21-8-6-9-22(16-21)25-12-4-5-13-27(25)34-3/h4-13,16-17,26H,14-15,18-19H2,1-3H3,(H,29,33)/t26-/m1/s1. The normalized spacial score (nSPS) is 16.2. The number of nitrogens with one attached hydrogen (secondary N) is 1. The van der Waals surface area contributed by atoms with Crippen LogP contribution in [0.25, 0.3) is 11.1 Å². The summed E-state index contributed by atoms with van der Waals surface area (Å²) in [4.78, 5) is 28.7. The smallest absolute Gasteiger partial charge is 0.251 e. The second kappa shape index (κ2) is 10.5. The molecule has 6 nitrogen and oxygen atoms in total. The Labute approximate surface area is 201 Å². The molecule has 34 heavy (non-hydrogen) atoms. The molecule has 1 saturated heterocycles. The lowest BCUT2D eigenvalue weighted by Crippen LogP contribution is -2.49. The van der Waals surface area contributed by atoms with Crippen LogP contribution in [-0.2, 0) is 11.3 Å². The van der Waals surface area contributed by atoms with Gasteiger partial charge in [-0.3, -0.25) is 14.5 Å². The van der Waals surface area contributed by atoms with Gasteiger partial charge in [0.15, 0.2) is 0 Å². The zero-order valence-corrected chi connectivity index (χ0v) is 20.0. The summed E-state index contributed by atoms with van der Waals surface area (Å²) < 4.78 is 5.56. The Kier molecular flexibility index (Phi) is 7.28. The summed E-state index contributed by atoms with van der Waals surface area (Å²) in [6, 6.07) is 24.2. The minimum absolute atomic E-state index is 0.00262. The highest BCUT2D eigenvalue weighted by molar-refractivity contribution is 5.94. The Morgan fingerprint density at radius 3 is 2.56 bits per heavy atom. The van der Waals surface area contributed by atoms with E-state index in [1.165, 1.54) is 5.56 Å². The number of piperazine rings is 1. The highest BCUT2D eigenvalue weighted by atomic mass is 16.5. The number of carbonyl (C=O) groups is 2. The van der Waals surface area contributed by atoms with Crippen LogP contribution in [0.3, 0.4) is 0 Å². The van der Waals surface area contributed by atoms with Gasteiger partial charge in [-0.25, -0.2) is 0 Å². The largest absolute Gasteiger partial charge is 0.496 e. The average Bonchev–Trinajstić information content (AvgIpc) is 2.88. The molecular weight excluding hydrogens is 426 g/mol. The topological polar surface area (TPSA) is 61.9 Å². The van der Waals surface area contributed by atoms with Crippen molar-refractivity contribution in [2.75, 3.05) is 33.8 Å². The first-order valence-corrected chi connectivity index (χ1v) is 11.5. The van der Waals surface area contributed by atoms with E-state index in [2.05, 4.69) is 40.5 Å². The van der Waals surface area contributed by atoms with Gasteiger partial charge in [0.1, 0.15) is 5.75 Å². The molecule has 1 N–H and O–H groups in total. The van der Waals surface area contributed by atoms with E-state index in [0.717, 1.165) is 35.5 Å². The third kappa shape index (κ3) is 5.13. The molecule has 4 rings (SSSR count).